The van der Waals surface area contributed by atoms with Crippen molar-refractivity contribution in [2.24, 2.45) is 24.9 Å². The van der Waals surface area contributed by atoms with Gasteiger partial charge in [-0.15, -0.1) is 0 Å². The Bertz CT molecular complexity index is 4660. The fourth-order valence-electron chi connectivity index (χ4n) is 10.8. The molecule has 0 saturated carbocycles. The van der Waals surface area contributed by atoms with E-state index in [1.165, 1.54) is 13.8 Å². The molecular formula is C72H87F10IN12O11S3. The average molecular weight is 1710 g/mol. The van der Waals surface area contributed by atoms with Gasteiger partial charge in [-0.3, -0.25) is 19.5 Å². The summed E-state index contributed by atoms with van der Waals surface area (Å²) in [5.41, 5.74) is 23.6. The number of hydrogen-bond acceptors (Lipinski definition) is 14. The number of nitrogens with one attached hydrogen (secondary N) is 1. The molecular weight excluding hydrogens is 1620 g/mol. The zero-order valence-electron chi connectivity index (χ0n) is 63.5. The molecule has 4 unspecified atom stereocenters. The minimum atomic E-state index is -1.63. The van der Waals surface area contributed by atoms with Crippen LogP contribution in [0, 0.1) is 58.2 Å². The highest BCUT2D eigenvalue weighted by atomic mass is 127. The summed E-state index contributed by atoms with van der Waals surface area (Å²) in [5, 5.41) is 25.1. The largest absolute Gasteiger partial charge is 0.507 e. The van der Waals surface area contributed by atoms with Crippen LogP contribution in [0.4, 0.5) is 43.9 Å². The summed E-state index contributed by atoms with van der Waals surface area (Å²) >= 11 is 2.15. The number of alkyl halides is 1. The Hall–Kier alpha value is -8.15. The molecule has 37 heteroatoms. The number of allylic oxidation sites excluding steroid dienone is 1. The number of fused-ring (bicyclic) bond motifs is 4. The van der Waals surface area contributed by atoms with E-state index in [-0.39, 0.29) is 100 Å². The minimum Gasteiger partial charge on any atom is -0.507 e. The number of ketones is 3. The van der Waals surface area contributed by atoms with Crippen LogP contribution < -0.4 is 28.8 Å². The Balaban J connectivity index is 0.000000284. The van der Waals surface area contributed by atoms with Crippen molar-refractivity contribution in [3.8, 4) is 28.7 Å². The first-order chi connectivity index (χ1) is 50.0. The average Bonchev–Trinajstić information content (AvgIpc) is 1.64. The van der Waals surface area contributed by atoms with E-state index in [1.54, 1.807) is 76.2 Å². The molecule has 0 aliphatic carbocycles. The highest BCUT2D eigenvalue weighted by Crippen LogP contribution is 2.46. The number of nitrogens with two attached hydrogens (primary N) is 1. The molecule has 0 aromatic heterocycles. The number of ether oxygens (including phenoxy) is 4. The maximum absolute atomic E-state index is 14.5. The molecule has 0 spiro atoms. The Labute approximate surface area is 646 Å². The predicted molar refractivity (Wildman–Crippen MR) is 405 cm³/mol. The molecule has 0 amide bonds. The second-order valence-electron chi connectivity index (χ2n) is 29.9. The molecule has 5 aromatic rings. The van der Waals surface area contributed by atoms with E-state index in [0.29, 0.717) is 45.1 Å². The van der Waals surface area contributed by atoms with Crippen LogP contribution >= 0.6 is 22.6 Å². The van der Waals surface area contributed by atoms with E-state index in [4.69, 9.17) is 40.7 Å². The van der Waals surface area contributed by atoms with Gasteiger partial charge in [-0.2, -0.15) is 4.40 Å². The van der Waals surface area contributed by atoms with Crippen LogP contribution in [0.2, 0.25) is 0 Å². The van der Waals surface area contributed by atoms with Crippen molar-refractivity contribution in [1.29, 1.82) is 0 Å². The summed E-state index contributed by atoms with van der Waals surface area (Å²) in [5.74, 6) is -12.7. The van der Waals surface area contributed by atoms with E-state index in [2.05, 4.69) is 68.4 Å². The molecule has 0 fully saturated rings. The van der Waals surface area contributed by atoms with E-state index >= 15 is 0 Å². The zero-order valence-corrected chi connectivity index (χ0v) is 68.1. The SMILES string of the molecule is C=C(C)Cc1cc(F)c(F)c(C(C)=O)c1O.CC(=N[S@](=O)C(C)(C)C)c1c(F)c(F)cc2c1OC(C)(CN=[N+]=[N-])C2.CC(=O)c1c(F)c(F)cc2c1OC(C)(CI)C2.CC(=O)c1c(F)c(F)cc2c1OC(C)(CN=[N+]=[N-])C2.CC(C)(C)[S@](N)=O.C[C@@H](N[S@](=O)C(C)(C)C)c1c(F)c(F)cc2c1OC(C)(CN=[N+]=[N-])C2. The topological polar surface area (TPSA) is 356 Å². The Morgan fingerprint density at radius 3 is 1.19 bits per heavy atom. The normalized spacial score (nSPS) is 19.5. The van der Waals surface area contributed by atoms with Gasteiger partial charge in [0, 0.05) is 78.7 Å². The molecule has 0 radical (unpaired) electrons. The minimum absolute atomic E-state index is 0.00253. The summed E-state index contributed by atoms with van der Waals surface area (Å²) in [6.07, 6.45) is 1.49. The lowest BCUT2D eigenvalue weighted by Crippen LogP contribution is -2.36. The maximum Gasteiger partial charge on any atom is 0.173 e. The number of halogens is 11. The fraction of sp³-hybridized carbons (Fsp3) is 0.500. The zero-order chi connectivity index (χ0) is 83.5. The maximum atomic E-state index is 14.5. The standard InChI is InChI=1S/C16H22F2N4O2S.C16H20F2N4O2S.C12H11F2IO2.C12H11F2N3O2.C12H12F2O2.C4H11NOS/c2*1-9(21-25(23)15(2,3)4)12-13(18)11(17)6-10-7-16(5,8-20-22-19)24-14(10)12;1-6(16)9-10(14)8(13)3-7-4-12(2,5-15)17-11(7)9;1-6(18)9-10(14)8(13)3-7-4-12(2,5-16-17-15)19-11(7)9;1-6(2)4-8-5-9(13)11(14)10(7(3)15)12(8)16;1-4(2,3)7(5)6/h6,9,21H,7-8H2,1-5H3;6H,7-8H2,1-5H3;3H,4-5H2,1-2H3;3H,4-5H2,1-2H3;5,16H,1,4H2,2-3H3;5H2,1-3H3/t9-,16?,25-;16?,25-;;;;7-/m11...1/s1. The first kappa shape index (κ1) is 93.2. The first-order valence-electron chi connectivity index (χ1n) is 33.1. The van der Waals surface area contributed by atoms with Crippen molar-refractivity contribution in [3.05, 3.63) is 188 Å². The molecule has 0 bridgehead atoms. The van der Waals surface area contributed by atoms with Gasteiger partial charge in [0.25, 0.3) is 0 Å². The summed E-state index contributed by atoms with van der Waals surface area (Å²) in [6, 6.07) is 4.46. The van der Waals surface area contributed by atoms with Crippen molar-refractivity contribution in [1.82, 2.24) is 4.72 Å². The summed E-state index contributed by atoms with van der Waals surface area (Å²) < 4.78 is 201. The second-order valence-corrected chi connectivity index (χ2v) is 36.4. The number of nitrogens with zero attached hydrogens (tertiary/aromatic N) is 10. The monoisotopic (exact) mass is 1710 g/mol. The van der Waals surface area contributed by atoms with E-state index in [0.717, 1.165) is 44.2 Å². The Morgan fingerprint density at radius 1 is 0.550 bits per heavy atom. The van der Waals surface area contributed by atoms with Crippen LogP contribution in [-0.2, 0) is 65.1 Å². The van der Waals surface area contributed by atoms with Crippen LogP contribution in [-0.4, -0.2) is 102 Å². The van der Waals surface area contributed by atoms with E-state index < -0.39 is 158 Å². The number of hydrogen-bond donors (Lipinski definition) is 3. The summed E-state index contributed by atoms with van der Waals surface area (Å²) in [4.78, 5) is 42.0. The molecule has 4 aliphatic heterocycles. The number of Topliss-reactive ketones (excluding diaryl/α,β-unsaturated/α-hetero) is 3. The fourth-order valence-corrected chi connectivity index (χ4v) is 12.6. The van der Waals surface area contributed by atoms with Gasteiger partial charge in [-0.25, -0.2) is 61.3 Å². The van der Waals surface area contributed by atoms with Crippen molar-refractivity contribution >= 4 is 78.6 Å². The smallest absolute Gasteiger partial charge is 0.173 e. The summed E-state index contributed by atoms with van der Waals surface area (Å²) in [7, 11) is -4.27. The molecule has 4 N–H and O–H groups in total. The quantitative estimate of drug-likeness (QED) is 0.00904. The Kier molecular flexibility index (Phi) is 31.9. The molecule has 23 nitrogen and oxygen atoms in total. The highest BCUT2D eigenvalue weighted by Gasteiger charge is 2.43. The predicted octanol–water partition coefficient (Wildman–Crippen LogP) is 18.2. The van der Waals surface area contributed by atoms with Crippen molar-refractivity contribution < 1.29 is 95.0 Å². The summed E-state index contributed by atoms with van der Waals surface area (Å²) in [6.45, 7) is 34.8. The lowest BCUT2D eigenvalue weighted by Gasteiger charge is -2.25. The van der Waals surface area contributed by atoms with Gasteiger partial charge in [-0.05, 0) is 185 Å². The Morgan fingerprint density at radius 2 is 0.862 bits per heavy atom. The molecule has 4 aliphatic rings. The molecule has 109 heavy (non-hydrogen) atoms. The number of benzene rings is 5. The molecule has 8 atom stereocenters. The third-order valence-corrected chi connectivity index (χ3v) is 22.2. The van der Waals surface area contributed by atoms with Crippen LogP contribution in [0.3, 0.4) is 0 Å². The van der Waals surface area contributed by atoms with Crippen molar-refractivity contribution in [2.75, 3.05) is 24.1 Å². The van der Waals surface area contributed by atoms with Gasteiger partial charge >= 0.3 is 0 Å². The van der Waals surface area contributed by atoms with E-state index in [9.17, 15) is 76.0 Å². The number of rotatable bonds is 17. The second kappa shape index (κ2) is 37.2. The molecule has 596 valence electrons. The van der Waals surface area contributed by atoms with Crippen molar-refractivity contribution in [2.45, 2.75) is 206 Å². The van der Waals surface area contributed by atoms with Crippen LogP contribution in [0.15, 0.2) is 62.2 Å². The number of carbonyl (C=O) groups excluding carboxylic acids is 3. The molecule has 4 heterocycles. The van der Waals surface area contributed by atoms with Gasteiger partial charge in [0.2, 0.25) is 0 Å². The van der Waals surface area contributed by atoms with Crippen molar-refractivity contribution in [3.63, 3.8) is 0 Å². The third-order valence-electron chi connectivity index (χ3n) is 16.2. The number of azide groups is 3. The first-order valence-corrected chi connectivity index (χ1v) is 38.1. The van der Waals surface area contributed by atoms with Gasteiger partial charge in [0.15, 0.2) is 75.5 Å². The number of phenolic OH excluding ortho intramolecular Hbond substituents is 1. The van der Waals surface area contributed by atoms with Gasteiger partial charge in [-0.1, -0.05) is 50.1 Å². The highest BCUT2D eigenvalue weighted by molar-refractivity contribution is 14.1. The molecule has 0 saturated heterocycles. The number of aromatic hydroxyl groups is 1. The number of carbonyl (C=O) groups is 3. The molecule has 9 rings (SSSR count). The lowest BCUT2D eigenvalue weighted by molar-refractivity contribution is 0.0977. The van der Waals surface area contributed by atoms with Gasteiger partial charge in [0.05, 0.1) is 89.4 Å². The van der Waals surface area contributed by atoms with Crippen LogP contribution in [0.5, 0.6) is 28.7 Å². The van der Waals surface area contributed by atoms with Crippen LogP contribution in [0.25, 0.3) is 31.3 Å². The number of phenols is 1. The third kappa shape index (κ3) is 23.9. The molecule has 5 aromatic carbocycles. The van der Waals surface area contributed by atoms with Gasteiger partial charge in [0.1, 0.15) is 62.1 Å². The lowest BCUT2D eigenvalue weighted by atomic mass is 9.97. The van der Waals surface area contributed by atoms with Crippen LogP contribution in [0.1, 0.15) is 208 Å². The van der Waals surface area contributed by atoms with E-state index in [1.807, 2.05) is 27.7 Å². The van der Waals surface area contributed by atoms with Gasteiger partial charge < -0.3 is 24.1 Å².